The highest BCUT2D eigenvalue weighted by Gasteiger charge is 2.29. The van der Waals surface area contributed by atoms with Gasteiger partial charge in [-0.2, -0.15) is 0 Å². The molecule has 7 heteroatoms. The second kappa shape index (κ2) is 9.67. The van der Waals surface area contributed by atoms with Gasteiger partial charge in [0.15, 0.2) is 5.16 Å². The van der Waals surface area contributed by atoms with E-state index >= 15 is 0 Å². The number of aryl methyl sites for hydroxylation is 1. The number of halogens is 1. The first-order chi connectivity index (χ1) is 14.6. The zero-order valence-corrected chi connectivity index (χ0v) is 18.6. The summed E-state index contributed by atoms with van der Waals surface area (Å²) in [5, 5.41) is 10.1. The molecule has 0 spiro atoms. The highest BCUT2D eigenvalue weighted by atomic mass is 35.5. The number of carbonyl (C=O) groups excluding carboxylic acids is 1. The molecule has 1 amide bonds. The second-order valence-corrected chi connectivity index (χ2v) is 8.92. The zero-order valence-electron chi connectivity index (χ0n) is 17.0. The molecule has 1 aliphatic rings. The summed E-state index contributed by atoms with van der Waals surface area (Å²) in [6.07, 6.45) is 2.86. The minimum absolute atomic E-state index is 0.154. The minimum Gasteiger partial charge on any atom is -0.339 e. The number of nitrogens with zero attached hydrogens (tertiary/aromatic N) is 4. The van der Waals surface area contributed by atoms with Crippen LogP contribution < -0.4 is 0 Å². The summed E-state index contributed by atoms with van der Waals surface area (Å²) in [5.41, 5.74) is 2.29. The monoisotopic (exact) mass is 440 g/mol. The van der Waals surface area contributed by atoms with Crippen molar-refractivity contribution in [2.24, 2.45) is 0 Å². The quantitative estimate of drug-likeness (QED) is 0.503. The van der Waals surface area contributed by atoms with Crippen molar-refractivity contribution in [2.75, 3.05) is 12.3 Å². The lowest BCUT2D eigenvalue weighted by Gasteiger charge is -2.25. The Labute approximate surface area is 186 Å². The fourth-order valence-corrected chi connectivity index (χ4v) is 5.00. The van der Waals surface area contributed by atoms with Gasteiger partial charge in [-0.15, -0.1) is 10.2 Å². The van der Waals surface area contributed by atoms with Crippen LogP contribution in [0.15, 0.2) is 59.8 Å². The molecule has 0 radical (unpaired) electrons. The number of likely N-dealkylation sites (tertiary alicyclic amines) is 1. The number of hydrogen-bond acceptors (Lipinski definition) is 4. The average molecular weight is 441 g/mol. The molecule has 1 atom stereocenters. The molecule has 0 bridgehead atoms. The maximum absolute atomic E-state index is 13.0. The third-order valence-corrected chi connectivity index (χ3v) is 6.84. The van der Waals surface area contributed by atoms with Crippen molar-refractivity contribution in [3.05, 3.63) is 76.6 Å². The van der Waals surface area contributed by atoms with Crippen LogP contribution in [0.1, 0.15) is 29.8 Å². The van der Waals surface area contributed by atoms with Gasteiger partial charge in [-0.25, -0.2) is 0 Å². The van der Waals surface area contributed by atoms with Gasteiger partial charge in [-0.1, -0.05) is 71.9 Å². The van der Waals surface area contributed by atoms with Gasteiger partial charge in [0.25, 0.3) is 0 Å². The topological polar surface area (TPSA) is 51.0 Å². The lowest BCUT2D eigenvalue weighted by Crippen LogP contribution is -2.38. The molecule has 3 aromatic rings. The SMILES string of the molecule is Cc1nnc(SCC(=O)N2CCCC2Cc2ccccc2Cl)n1Cc1ccccc1. The summed E-state index contributed by atoms with van der Waals surface area (Å²) in [6.45, 7) is 3.46. The Kier molecular flexibility index (Phi) is 6.75. The Morgan fingerprint density at radius 2 is 1.90 bits per heavy atom. The Morgan fingerprint density at radius 1 is 1.13 bits per heavy atom. The summed E-state index contributed by atoms with van der Waals surface area (Å²) in [4.78, 5) is 15.0. The molecule has 0 aliphatic carbocycles. The molecule has 1 saturated heterocycles. The number of benzene rings is 2. The summed E-state index contributed by atoms with van der Waals surface area (Å²) >= 11 is 7.80. The molecule has 5 nitrogen and oxygen atoms in total. The van der Waals surface area contributed by atoms with Crippen LogP contribution in [0.5, 0.6) is 0 Å². The standard InChI is InChI=1S/C23H25ClN4OS/c1-17-25-26-23(28(17)15-18-8-3-2-4-9-18)30-16-22(29)27-13-7-11-20(27)14-19-10-5-6-12-21(19)24/h2-6,8-10,12,20H,7,11,13-16H2,1H3. The predicted molar refractivity (Wildman–Crippen MR) is 121 cm³/mol. The van der Waals surface area contributed by atoms with Gasteiger partial charge >= 0.3 is 0 Å². The summed E-state index contributed by atoms with van der Waals surface area (Å²) in [5.74, 6) is 1.37. The number of rotatable bonds is 7. The first-order valence-corrected chi connectivity index (χ1v) is 11.6. The van der Waals surface area contributed by atoms with Crippen molar-refractivity contribution in [1.82, 2.24) is 19.7 Å². The van der Waals surface area contributed by atoms with Crippen LogP contribution in [-0.2, 0) is 17.8 Å². The minimum atomic E-state index is 0.154. The maximum atomic E-state index is 13.0. The lowest BCUT2D eigenvalue weighted by atomic mass is 10.0. The van der Waals surface area contributed by atoms with Crippen LogP contribution in [0.4, 0.5) is 0 Å². The third-order valence-electron chi connectivity index (χ3n) is 5.52. The third kappa shape index (κ3) is 4.87. The molecule has 156 valence electrons. The molecule has 0 saturated carbocycles. The highest BCUT2D eigenvalue weighted by Crippen LogP contribution is 2.26. The van der Waals surface area contributed by atoms with Crippen LogP contribution in [0, 0.1) is 6.92 Å². The molecule has 30 heavy (non-hydrogen) atoms. The van der Waals surface area contributed by atoms with E-state index in [9.17, 15) is 4.79 Å². The van der Waals surface area contributed by atoms with E-state index in [1.54, 1.807) is 0 Å². The van der Waals surface area contributed by atoms with Gasteiger partial charge in [0.2, 0.25) is 5.91 Å². The van der Waals surface area contributed by atoms with Gasteiger partial charge in [-0.3, -0.25) is 4.79 Å². The maximum Gasteiger partial charge on any atom is 0.233 e. The number of aromatic nitrogens is 3. The van der Waals surface area contributed by atoms with Gasteiger partial charge in [-0.05, 0) is 43.4 Å². The molecule has 0 N–H and O–H groups in total. The Hall–Kier alpha value is -2.31. The summed E-state index contributed by atoms with van der Waals surface area (Å²) in [7, 11) is 0. The molecule has 1 aromatic heterocycles. The zero-order chi connectivity index (χ0) is 20.9. The Bertz CT molecular complexity index is 1010. The molecule has 1 fully saturated rings. The van der Waals surface area contributed by atoms with E-state index in [4.69, 9.17) is 11.6 Å². The van der Waals surface area contributed by atoms with E-state index in [0.29, 0.717) is 12.3 Å². The van der Waals surface area contributed by atoms with Crippen LogP contribution >= 0.6 is 23.4 Å². The van der Waals surface area contributed by atoms with Crippen molar-refractivity contribution in [3.8, 4) is 0 Å². The van der Waals surface area contributed by atoms with Gasteiger partial charge in [0.05, 0.1) is 12.3 Å². The largest absolute Gasteiger partial charge is 0.339 e. The van der Waals surface area contributed by atoms with E-state index in [1.807, 2.05) is 54.3 Å². The molecular weight excluding hydrogens is 416 g/mol. The highest BCUT2D eigenvalue weighted by molar-refractivity contribution is 7.99. The number of thioether (sulfide) groups is 1. The van der Waals surface area contributed by atoms with Gasteiger partial charge < -0.3 is 9.47 Å². The van der Waals surface area contributed by atoms with Crippen molar-refractivity contribution < 1.29 is 4.79 Å². The van der Waals surface area contributed by atoms with Crippen molar-refractivity contribution in [3.63, 3.8) is 0 Å². The van der Waals surface area contributed by atoms with E-state index in [1.165, 1.54) is 17.3 Å². The summed E-state index contributed by atoms with van der Waals surface area (Å²) < 4.78 is 2.07. The van der Waals surface area contributed by atoms with E-state index < -0.39 is 0 Å². The van der Waals surface area contributed by atoms with Crippen molar-refractivity contribution in [1.29, 1.82) is 0 Å². The summed E-state index contributed by atoms with van der Waals surface area (Å²) in [6, 6.07) is 18.3. The second-order valence-electron chi connectivity index (χ2n) is 7.57. The molecule has 2 heterocycles. The van der Waals surface area contributed by atoms with Crippen molar-refractivity contribution >= 4 is 29.3 Å². The first-order valence-electron chi connectivity index (χ1n) is 10.2. The fourth-order valence-electron chi connectivity index (χ4n) is 3.92. The molecular formula is C23H25ClN4OS. The van der Waals surface area contributed by atoms with Crippen LogP contribution in [0.25, 0.3) is 0 Å². The van der Waals surface area contributed by atoms with E-state index in [2.05, 4.69) is 26.9 Å². The van der Waals surface area contributed by atoms with Crippen molar-refractivity contribution in [2.45, 2.75) is 43.9 Å². The number of amides is 1. The van der Waals surface area contributed by atoms with Crippen LogP contribution in [0.2, 0.25) is 5.02 Å². The van der Waals surface area contributed by atoms with Gasteiger partial charge in [0, 0.05) is 17.6 Å². The molecule has 1 unspecified atom stereocenters. The molecule has 4 rings (SSSR count). The van der Waals surface area contributed by atoms with E-state index in [-0.39, 0.29) is 11.9 Å². The smallest absolute Gasteiger partial charge is 0.233 e. The Balaban J connectivity index is 1.39. The molecule has 1 aliphatic heterocycles. The van der Waals surface area contributed by atoms with Crippen LogP contribution in [-0.4, -0.2) is 43.9 Å². The Morgan fingerprint density at radius 3 is 2.70 bits per heavy atom. The number of hydrogen-bond donors (Lipinski definition) is 0. The average Bonchev–Trinajstić information content (AvgIpc) is 3.36. The van der Waals surface area contributed by atoms with E-state index in [0.717, 1.165) is 47.4 Å². The van der Waals surface area contributed by atoms with Gasteiger partial charge in [0.1, 0.15) is 5.82 Å². The lowest BCUT2D eigenvalue weighted by molar-refractivity contribution is -0.129. The number of carbonyl (C=O) groups is 1. The first kappa shape index (κ1) is 20.9. The fraction of sp³-hybridized carbons (Fsp3) is 0.348. The predicted octanol–water partition coefficient (Wildman–Crippen LogP) is 4.61. The normalized spacial score (nSPS) is 16.2. The molecule has 2 aromatic carbocycles. The van der Waals surface area contributed by atoms with Crippen LogP contribution in [0.3, 0.4) is 0 Å².